The van der Waals surface area contributed by atoms with Crippen LogP contribution in [0.15, 0.2) is 152 Å². The van der Waals surface area contributed by atoms with Gasteiger partial charge >= 0.3 is 23.9 Å². The Morgan fingerprint density at radius 2 is 0.836 bits per heavy atom. The normalized spacial score (nSPS) is 30.1. The molecule has 0 amide bonds. The summed E-state index contributed by atoms with van der Waals surface area (Å²) in [6.07, 6.45) is -11.8. The third kappa shape index (κ3) is 13.1. The molecule has 3 saturated heterocycles. The summed E-state index contributed by atoms with van der Waals surface area (Å²) in [6.45, 7) is 9.20. The van der Waals surface area contributed by atoms with Crippen molar-refractivity contribution in [1.29, 1.82) is 0 Å². The monoisotopic (exact) mass is 1000 g/mol. The fourth-order valence-electron chi connectivity index (χ4n) is 9.42. The van der Waals surface area contributed by atoms with E-state index < -0.39 is 97.3 Å². The second-order valence-corrected chi connectivity index (χ2v) is 18.9. The van der Waals surface area contributed by atoms with Crippen molar-refractivity contribution in [2.24, 2.45) is 23.7 Å². The van der Waals surface area contributed by atoms with Crippen LogP contribution in [0.2, 0.25) is 0 Å². The summed E-state index contributed by atoms with van der Waals surface area (Å²) in [5.41, 5.74) is 1.96. The Kier molecular flexibility index (Phi) is 18.2. The highest BCUT2D eigenvalue weighted by Crippen LogP contribution is 2.41. The molecule has 8 rings (SSSR count). The summed E-state index contributed by atoms with van der Waals surface area (Å²) in [7, 11) is 0. The fraction of sp³-hybridized carbons (Fsp3) is 0.414. The van der Waals surface area contributed by atoms with Gasteiger partial charge in [-0.1, -0.05) is 138 Å². The number of carbonyl (C=O) groups excluding carboxylic acids is 4. The predicted molar refractivity (Wildman–Crippen MR) is 265 cm³/mol. The Morgan fingerprint density at radius 3 is 1.32 bits per heavy atom. The smallest absolute Gasteiger partial charge is 0.338 e. The highest BCUT2D eigenvalue weighted by atomic mass is 16.8. The minimum absolute atomic E-state index is 0.0267. The number of ether oxygens (including phenoxy) is 10. The zero-order valence-corrected chi connectivity index (χ0v) is 41.6. The van der Waals surface area contributed by atoms with Gasteiger partial charge in [0.25, 0.3) is 0 Å². The maximum atomic E-state index is 14.4. The molecule has 0 aromatic heterocycles. The zero-order valence-electron chi connectivity index (χ0n) is 41.6. The Hall–Kier alpha value is -6.30. The predicted octanol–water partition coefficient (Wildman–Crippen LogP) is 8.63. The van der Waals surface area contributed by atoms with Crippen LogP contribution in [0.3, 0.4) is 0 Å². The van der Waals surface area contributed by atoms with Crippen LogP contribution in [0, 0.1) is 23.7 Å². The first-order chi connectivity index (χ1) is 35.4. The molecule has 0 spiro atoms. The van der Waals surface area contributed by atoms with Crippen LogP contribution < -0.4 is 0 Å². The maximum Gasteiger partial charge on any atom is 0.338 e. The fourth-order valence-corrected chi connectivity index (χ4v) is 9.42. The first kappa shape index (κ1) is 53.0. The van der Waals surface area contributed by atoms with Gasteiger partial charge in [-0.2, -0.15) is 0 Å². The van der Waals surface area contributed by atoms with Gasteiger partial charge in [-0.15, -0.1) is 0 Å². The van der Waals surface area contributed by atoms with Crippen molar-refractivity contribution >= 4 is 23.9 Å². The van der Waals surface area contributed by atoms with Gasteiger partial charge in [-0.25, -0.2) is 19.2 Å². The molecule has 386 valence electrons. The number of rotatable bonds is 18. The molecule has 15 atom stereocenters. The van der Waals surface area contributed by atoms with Crippen molar-refractivity contribution in [1.82, 2.24) is 0 Å². The number of aliphatic hydroxyl groups excluding tert-OH is 1. The van der Waals surface area contributed by atoms with E-state index >= 15 is 0 Å². The quantitative estimate of drug-likeness (QED) is 0.0650. The van der Waals surface area contributed by atoms with Gasteiger partial charge in [0.15, 0.2) is 31.1 Å². The van der Waals surface area contributed by atoms with E-state index in [1.54, 1.807) is 135 Å². The molecule has 3 aliphatic rings. The van der Waals surface area contributed by atoms with E-state index in [2.05, 4.69) is 6.92 Å². The molecular formula is C58H64O15. The molecule has 5 aromatic carbocycles. The SMILES string of the molecule is CCC1O[C@H](OCc2ccccc2)C(O[C@H]2OC(COC(=O)c3ccccc3)[C@@H](C)[C@H](O[C@H]3OC(COC(=O)c4ccccc4)[C@@H](C)[C@H](O)C3OC(=O)c3ccccc3)C2OC(=O)c2ccccc2)[C@@H](C)[C@@H]1C. The Morgan fingerprint density at radius 1 is 0.438 bits per heavy atom. The number of esters is 4. The number of aliphatic hydroxyl groups is 1. The molecule has 15 nitrogen and oxygen atoms in total. The summed E-state index contributed by atoms with van der Waals surface area (Å²) in [5, 5.41) is 12.1. The number of carbonyl (C=O) groups is 4. The van der Waals surface area contributed by atoms with Gasteiger partial charge in [0, 0.05) is 11.8 Å². The van der Waals surface area contributed by atoms with E-state index in [0.717, 1.165) is 5.56 Å². The first-order valence-electron chi connectivity index (χ1n) is 25.0. The standard InChI is InChI=1S/C58H64O15/c1-6-44-35(2)36(3)49(56(67-44)66-32-39-22-12-7-13-23-39)73-58-51(71-55(63)43-30-20-11-21-31-43)48(38(5)46(69-58)34-65-53(61)41-26-16-9-17-27-41)72-57-50(70-54(62)42-28-18-10-19-29-42)47(59)37(4)45(68-57)33-64-52(60)40-24-14-8-15-25-40/h7-31,35-38,44-51,56-59H,6,32-34H2,1-5H3/t35-,36-,37+,38+,44?,45?,46?,47-,48-,49?,50?,51?,56-,57+,58+/m0/s1. The summed E-state index contributed by atoms with van der Waals surface area (Å²) in [5.74, 6) is -4.54. The number of benzene rings is 5. The lowest BCUT2D eigenvalue weighted by Crippen LogP contribution is -2.64. The van der Waals surface area contributed by atoms with Gasteiger partial charge < -0.3 is 52.5 Å². The van der Waals surface area contributed by atoms with Gasteiger partial charge in [0.05, 0.1) is 35.0 Å². The van der Waals surface area contributed by atoms with E-state index in [-0.39, 0.29) is 48.9 Å². The lowest BCUT2D eigenvalue weighted by Gasteiger charge is -2.50. The van der Waals surface area contributed by atoms with E-state index in [1.165, 1.54) is 0 Å². The summed E-state index contributed by atoms with van der Waals surface area (Å²) in [6, 6.07) is 43.2. The first-order valence-corrected chi connectivity index (χ1v) is 25.0. The topological polar surface area (TPSA) is 181 Å². The van der Waals surface area contributed by atoms with Crippen LogP contribution in [-0.2, 0) is 54.0 Å². The van der Waals surface area contributed by atoms with Crippen molar-refractivity contribution in [2.75, 3.05) is 13.2 Å². The second-order valence-electron chi connectivity index (χ2n) is 18.9. The summed E-state index contributed by atoms with van der Waals surface area (Å²) >= 11 is 0. The Labute approximate surface area is 425 Å². The lowest BCUT2D eigenvalue weighted by molar-refractivity contribution is -0.371. The third-order valence-corrected chi connectivity index (χ3v) is 14.1. The van der Waals surface area contributed by atoms with E-state index in [1.807, 2.05) is 44.2 Å². The van der Waals surface area contributed by atoms with Crippen molar-refractivity contribution < 1.29 is 71.7 Å². The molecule has 0 aliphatic carbocycles. The molecule has 3 fully saturated rings. The number of hydrogen-bond donors (Lipinski definition) is 1. The second kappa shape index (κ2) is 25.1. The van der Waals surface area contributed by atoms with Crippen LogP contribution in [0.25, 0.3) is 0 Å². The molecule has 0 radical (unpaired) electrons. The van der Waals surface area contributed by atoms with Crippen molar-refractivity contribution in [3.63, 3.8) is 0 Å². The molecule has 15 heteroatoms. The highest BCUT2D eigenvalue weighted by molar-refractivity contribution is 5.91. The van der Waals surface area contributed by atoms with Crippen molar-refractivity contribution in [2.45, 2.75) is 115 Å². The Balaban J connectivity index is 1.17. The van der Waals surface area contributed by atoms with Gasteiger partial charge in [0.1, 0.15) is 43.7 Å². The van der Waals surface area contributed by atoms with E-state index in [4.69, 9.17) is 47.4 Å². The van der Waals surface area contributed by atoms with E-state index in [9.17, 15) is 24.3 Å². The molecule has 3 heterocycles. The van der Waals surface area contributed by atoms with Gasteiger partial charge in [0.2, 0.25) is 0 Å². The summed E-state index contributed by atoms with van der Waals surface area (Å²) in [4.78, 5) is 55.0. The maximum absolute atomic E-state index is 14.4. The Bertz CT molecular complexity index is 2530. The molecule has 3 aliphatic heterocycles. The largest absolute Gasteiger partial charge is 0.459 e. The molecule has 73 heavy (non-hydrogen) atoms. The zero-order chi connectivity index (χ0) is 51.4. The molecule has 6 unspecified atom stereocenters. The van der Waals surface area contributed by atoms with Crippen LogP contribution in [0.5, 0.6) is 0 Å². The van der Waals surface area contributed by atoms with E-state index in [0.29, 0.717) is 17.5 Å². The average molecular weight is 1000 g/mol. The van der Waals surface area contributed by atoms with Gasteiger partial charge in [-0.05, 0) is 72.4 Å². The van der Waals surface area contributed by atoms with Crippen LogP contribution in [-0.4, -0.2) is 110 Å². The molecule has 0 bridgehead atoms. The third-order valence-electron chi connectivity index (χ3n) is 14.1. The van der Waals surface area contributed by atoms with Crippen LogP contribution in [0.1, 0.15) is 88.0 Å². The number of hydrogen-bond acceptors (Lipinski definition) is 15. The van der Waals surface area contributed by atoms with Crippen LogP contribution in [0.4, 0.5) is 0 Å². The molecule has 0 saturated carbocycles. The van der Waals surface area contributed by atoms with Crippen molar-refractivity contribution in [3.05, 3.63) is 179 Å². The highest BCUT2D eigenvalue weighted by Gasteiger charge is 2.55. The minimum Gasteiger partial charge on any atom is -0.459 e. The van der Waals surface area contributed by atoms with Gasteiger partial charge in [-0.3, -0.25) is 0 Å². The van der Waals surface area contributed by atoms with Crippen molar-refractivity contribution in [3.8, 4) is 0 Å². The molecule has 1 N–H and O–H groups in total. The minimum atomic E-state index is -1.58. The molecular weight excluding hydrogens is 937 g/mol. The van der Waals surface area contributed by atoms with Crippen LogP contribution >= 0.6 is 0 Å². The molecule has 5 aromatic rings. The summed E-state index contributed by atoms with van der Waals surface area (Å²) < 4.78 is 64.9. The lowest BCUT2D eigenvalue weighted by atomic mass is 9.82. The average Bonchev–Trinajstić information content (AvgIpc) is 3.43.